The number of primary sulfonamides is 1. The second-order valence-electron chi connectivity index (χ2n) is 6.37. The van der Waals surface area contributed by atoms with E-state index in [0.29, 0.717) is 12.2 Å². The van der Waals surface area contributed by atoms with E-state index < -0.39 is 15.6 Å². The summed E-state index contributed by atoms with van der Waals surface area (Å²) in [4.78, 5) is 0. The van der Waals surface area contributed by atoms with Gasteiger partial charge in [0.2, 0.25) is 0 Å². The van der Waals surface area contributed by atoms with Crippen LogP contribution in [0, 0.1) is 0 Å². The van der Waals surface area contributed by atoms with Gasteiger partial charge in [-0.25, -0.2) is 13.6 Å². The molecule has 0 radical (unpaired) electrons. The minimum Gasteiger partial charge on any atom is -0.378 e. The standard InChI is InChI=1S/C12H22N4O3S/c1-11(2,3)16-9(8-12(19-4)6-5-7-12)14-15-10(16)20(13,17)18/h5-8H2,1-4H3,(H2,13,17,18). The molecule has 2 N–H and O–H groups in total. The first-order valence-electron chi connectivity index (χ1n) is 6.62. The summed E-state index contributed by atoms with van der Waals surface area (Å²) in [6.07, 6.45) is 3.55. The zero-order valence-electron chi connectivity index (χ0n) is 12.4. The topological polar surface area (TPSA) is 100 Å². The lowest BCUT2D eigenvalue weighted by atomic mass is 9.77. The molecule has 0 amide bonds. The fourth-order valence-electron chi connectivity index (χ4n) is 2.59. The molecule has 0 bridgehead atoms. The SMILES string of the molecule is COC1(Cc2nnc(S(N)(=O)=O)n2C(C)(C)C)CCC1. The van der Waals surface area contributed by atoms with Crippen LogP contribution in [0.1, 0.15) is 45.9 Å². The Morgan fingerprint density at radius 3 is 2.30 bits per heavy atom. The molecule has 1 aromatic heterocycles. The number of rotatable bonds is 4. The summed E-state index contributed by atoms with van der Waals surface area (Å²) in [6.45, 7) is 5.69. The summed E-state index contributed by atoms with van der Waals surface area (Å²) in [5.41, 5.74) is -0.717. The van der Waals surface area contributed by atoms with Crippen molar-refractivity contribution in [2.45, 2.75) is 62.8 Å². The van der Waals surface area contributed by atoms with Gasteiger partial charge in [0, 0.05) is 19.1 Å². The molecule has 20 heavy (non-hydrogen) atoms. The van der Waals surface area contributed by atoms with Crippen molar-refractivity contribution in [1.29, 1.82) is 0 Å². The Bertz CT molecular complexity index is 591. The molecule has 1 saturated carbocycles. The number of nitrogens with zero attached hydrogens (tertiary/aromatic N) is 3. The Morgan fingerprint density at radius 2 is 1.95 bits per heavy atom. The number of methoxy groups -OCH3 is 1. The first kappa shape index (κ1) is 15.4. The van der Waals surface area contributed by atoms with Crippen LogP contribution in [0.15, 0.2) is 5.16 Å². The summed E-state index contributed by atoms with van der Waals surface area (Å²) in [5, 5.41) is 12.9. The lowest BCUT2D eigenvalue weighted by molar-refractivity contribution is -0.0731. The molecule has 0 saturated heterocycles. The van der Waals surface area contributed by atoms with E-state index in [9.17, 15) is 8.42 Å². The van der Waals surface area contributed by atoms with Crippen LogP contribution < -0.4 is 5.14 Å². The van der Waals surface area contributed by atoms with Gasteiger partial charge < -0.3 is 4.74 Å². The van der Waals surface area contributed by atoms with Gasteiger partial charge in [-0.2, -0.15) is 0 Å². The molecule has 114 valence electrons. The van der Waals surface area contributed by atoms with Gasteiger partial charge in [0.05, 0.1) is 5.60 Å². The van der Waals surface area contributed by atoms with Gasteiger partial charge in [-0.15, -0.1) is 10.2 Å². The highest BCUT2D eigenvalue weighted by atomic mass is 32.2. The highest BCUT2D eigenvalue weighted by molar-refractivity contribution is 7.89. The second-order valence-corrected chi connectivity index (χ2v) is 7.82. The van der Waals surface area contributed by atoms with Crippen molar-refractivity contribution in [1.82, 2.24) is 14.8 Å². The third kappa shape index (κ3) is 2.72. The predicted molar refractivity (Wildman–Crippen MR) is 73.7 cm³/mol. The monoisotopic (exact) mass is 302 g/mol. The van der Waals surface area contributed by atoms with Gasteiger partial charge >= 0.3 is 0 Å². The third-order valence-corrected chi connectivity index (χ3v) is 4.58. The van der Waals surface area contributed by atoms with E-state index >= 15 is 0 Å². The van der Waals surface area contributed by atoms with Crippen molar-refractivity contribution in [2.75, 3.05) is 7.11 Å². The van der Waals surface area contributed by atoms with Crippen LogP contribution in [0.5, 0.6) is 0 Å². The summed E-state index contributed by atoms with van der Waals surface area (Å²) in [7, 11) is -2.22. The van der Waals surface area contributed by atoms with Gasteiger partial charge in [0.25, 0.3) is 15.2 Å². The number of aromatic nitrogens is 3. The normalized spacial score (nSPS) is 18.9. The molecule has 0 spiro atoms. The zero-order chi connectivity index (χ0) is 15.2. The summed E-state index contributed by atoms with van der Waals surface area (Å²) < 4.78 is 30.5. The van der Waals surface area contributed by atoms with E-state index in [1.165, 1.54) is 0 Å². The molecule has 1 fully saturated rings. The second kappa shape index (κ2) is 4.78. The Balaban J connectivity index is 2.47. The Hall–Kier alpha value is -0.990. The van der Waals surface area contributed by atoms with Crippen LogP contribution in [0.2, 0.25) is 0 Å². The van der Waals surface area contributed by atoms with Crippen LogP contribution in [0.25, 0.3) is 0 Å². The van der Waals surface area contributed by atoms with Crippen molar-refractivity contribution in [2.24, 2.45) is 5.14 Å². The molecule has 7 nitrogen and oxygen atoms in total. The molecule has 1 aromatic rings. The maximum Gasteiger partial charge on any atom is 0.273 e. The van der Waals surface area contributed by atoms with E-state index in [1.807, 2.05) is 20.8 Å². The van der Waals surface area contributed by atoms with Crippen molar-refractivity contribution < 1.29 is 13.2 Å². The van der Waals surface area contributed by atoms with Crippen LogP contribution in [-0.2, 0) is 26.7 Å². The van der Waals surface area contributed by atoms with E-state index in [-0.39, 0.29) is 10.8 Å². The van der Waals surface area contributed by atoms with Gasteiger partial charge in [0.1, 0.15) is 5.82 Å². The van der Waals surface area contributed by atoms with Gasteiger partial charge in [0.15, 0.2) is 0 Å². The molecule has 2 rings (SSSR count). The fraction of sp³-hybridized carbons (Fsp3) is 0.833. The third-order valence-electron chi connectivity index (χ3n) is 3.80. The van der Waals surface area contributed by atoms with Gasteiger partial charge in [-0.05, 0) is 40.0 Å². The quantitative estimate of drug-likeness (QED) is 0.886. The average molecular weight is 302 g/mol. The average Bonchev–Trinajstić information content (AvgIpc) is 2.66. The maximum absolute atomic E-state index is 11.7. The zero-order valence-corrected chi connectivity index (χ0v) is 13.2. The van der Waals surface area contributed by atoms with Crippen LogP contribution in [-0.4, -0.2) is 35.9 Å². The molecule has 0 unspecified atom stereocenters. The van der Waals surface area contributed by atoms with Crippen molar-refractivity contribution >= 4 is 10.0 Å². The number of ether oxygens (including phenoxy) is 1. The van der Waals surface area contributed by atoms with Crippen molar-refractivity contribution in [3.8, 4) is 0 Å². The number of hydrogen-bond acceptors (Lipinski definition) is 5. The summed E-state index contributed by atoms with van der Waals surface area (Å²) >= 11 is 0. The molecule has 1 heterocycles. The highest BCUT2D eigenvalue weighted by Crippen LogP contribution is 2.38. The maximum atomic E-state index is 11.7. The lowest BCUT2D eigenvalue weighted by Crippen LogP contribution is -2.43. The Labute approximate surface area is 119 Å². The van der Waals surface area contributed by atoms with Crippen molar-refractivity contribution in [3.05, 3.63) is 5.82 Å². The smallest absolute Gasteiger partial charge is 0.273 e. The lowest BCUT2D eigenvalue weighted by Gasteiger charge is -2.40. The molecule has 0 aliphatic heterocycles. The Kier molecular flexibility index (Phi) is 3.68. The highest BCUT2D eigenvalue weighted by Gasteiger charge is 2.40. The minimum absolute atomic E-state index is 0.189. The molecule has 0 aromatic carbocycles. The number of nitrogens with two attached hydrogens (primary N) is 1. The van der Waals surface area contributed by atoms with Gasteiger partial charge in [-0.1, -0.05) is 0 Å². The van der Waals surface area contributed by atoms with Crippen molar-refractivity contribution in [3.63, 3.8) is 0 Å². The van der Waals surface area contributed by atoms with E-state index in [1.54, 1.807) is 11.7 Å². The minimum atomic E-state index is -3.90. The number of hydrogen-bond donors (Lipinski definition) is 1. The molecule has 8 heteroatoms. The van der Waals surface area contributed by atoms with Crippen LogP contribution in [0.3, 0.4) is 0 Å². The van der Waals surface area contributed by atoms with Gasteiger partial charge in [-0.3, -0.25) is 4.57 Å². The summed E-state index contributed by atoms with van der Waals surface area (Å²) in [5.74, 6) is 0.600. The summed E-state index contributed by atoms with van der Waals surface area (Å²) in [6, 6.07) is 0. The van der Waals surface area contributed by atoms with Crippen LogP contribution >= 0.6 is 0 Å². The molecular weight excluding hydrogens is 280 g/mol. The molecule has 1 aliphatic carbocycles. The van der Waals surface area contributed by atoms with E-state index in [2.05, 4.69) is 10.2 Å². The largest absolute Gasteiger partial charge is 0.378 e. The number of sulfonamides is 1. The first-order valence-corrected chi connectivity index (χ1v) is 8.16. The molecule has 0 atom stereocenters. The fourth-order valence-corrected chi connectivity index (χ4v) is 3.37. The predicted octanol–water partition coefficient (Wildman–Crippen LogP) is 0.792. The van der Waals surface area contributed by atoms with E-state index in [4.69, 9.17) is 9.88 Å². The first-order chi connectivity index (χ1) is 9.09. The molecule has 1 aliphatic rings. The Morgan fingerprint density at radius 1 is 1.35 bits per heavy atom. The molecular formula is C12H22N4O3S. The van der Waals surface area contributed by atoms with E-state index in [0.717, 1.165) is 19.3 Å². The van der Waals surface area contributed by atoms with Crippen LogP contribution in [0.4, 0.5) is 0 Å².